The molecule has 1 saturated heterocycles. The van der Waals surface area contributed by atoms with Crippen LogP contribution in [-0.2, 0) is 4.74 Å². The molecule has 1 aliphatic heterocycles. The molecule has 0 unspecified atom stereocenters. The number of pyridine rings is 2. The van der Waals surface area contributed by atoms with Crippen molar-refractivity contribution in [1.82, 2.24) is 9.97 Å². The summed E-state index contributed by atoms with van der Waals surface area (Å²) in [6.45, 7) is 1.87. The lowest BCUT2D eigenvalue weighted by Crippen LogP contribution is -2.45. The molecule has 1 amide bonds. The molecule has 3 aromatic rings. The summed E-state index contributed by atoms with van der Waals surface area (Å²) < 4.78 is 5.98. The summed E-state index contributed by atoms with van der Waals surface area (Å²) in [5.74, 6) is -0.582. The van der Waals surface area contributed by atoms with Crippen LogP contribution in [0.15, 0.2) is 66.0 Å². The zero-order valence-corrected chi connectivity index (χ0v) is 17.6. The largest absolute Gasteiger partial charge is 0.390 e. The lowest BCUT2D eigenvalue weighted by molar-refractivity contribution is -0.170. The third kappa shape index (κ3) is 4.34. The van der Waals surface area contributed by atoms with Crippen LogP contribution in [0.4, 0.5) is 5.69 Å². The van der Waals surface area contributed by atoms with Crippen LogP contribution in [0.25, 0.3) is 11.1 Å². The van der Waals surface area contributed by atoms with Crippen LogP contribution < -0.4 is 10.7 Å². The molecule has 0 aliphatic carbocycles. The van der Waals surface area contributed by atoms with Crippen molar-refractivity contribution in [2.45, 2.75) is 44.2 Å². The standard InChI is InChI=1S/C24H25N3O5/c1-2-20-23(30)19(28)10-21(32-20)15-8-9-25-13-18(15)27-24(31)17-12-26-11-16(22(17)29)14-6-4-3-5-7-14/h3-9,11-13,19-21,23,28,30H,2,10H2,1H3,(H,26,29)(H,27,31)/t19-,20-,21-,23+/m1/s1. The Labute approximate surface area is 184 Å². The van der Waals surface area contributed by atoms with E-state index in [0.717, 1.165) is 0 Å². The number of aromatic nitrogens is 2. The van der Waals surface area contributed by atoms with Crippen molar-refractivity contribution in [1.29, 1.82) is 0 Å². The minimum atomic E-state index is -0.963. The number of ether oxygens (including phenoxy) is 1. The number of H-pyrrole nitrogens is 1. The van der Waals surface area contributed by atoms with E-state index in [4.69, 9.17) is 4.74 Å². The molecule has 3 heterocycles. The van der Waals surface area contributed by atoms with Gasteiger partial charge in [0.15, 0.2) is 0 Å². The molecule has 8 nitrogen and oxygen atoms in total. The Hall–Kier alpha value is -3.33. The van der Waals surface area contributed by atoms with Crippen molar-refractivity contribution in [3.63, 3.8) is 0 Å². The SMILES string of the molecule is CC[C@H]1O[C@@H](c2ccncc2NC(=O)c2c[nH]cc(-c3ccccc3)c2=O)C[C@@H](O)[C@@H]1O. The van der Waals surface area contributed by atoms with Gasteiger partial charge >= 0.3 is 0 Å². The maximum atomic E-state index is 13.0. The van der Waals surface area contributed by atoms with E-state index in [0.29, 0.717) is 28.8 Å². The predicted octanol–water partition coefficient (Wildman–Crippen LogP) is 2.65. The van der Waals surface area contributed by atoms with Crippen molar-refractivity contribution < 1.29 is 19.7 Å². The monoisotopic (exact) mass is 435 g/mol. The smallest absolute Gasteiger partial charge is 0.261 e. The van der Waals surface area contributed by atoms with Gasteiger partial charge in [-0.3, -0.25) is 14.6 Å². The molecule has 166 valence electrons. The number of aromatic amines is 1. The Morgan fingerprint density at radius 2 is 2.00 bits per heavy atom. The molecule has 0 bridgehead atoms. The van der Waals surface area contributed by atoms with E-state index in [1.165, 1.54) is 12.4 Å². The number of aliphatic hydroxyl groups excluding tert-OH is 2. The number of carbonyl (C=O) groups is 1. The van der Waals surface area contributed by atoms with E-state index in [1.807, 2.05) is 25.1 Å². The van der Waals surface area contributed by atoms with Crippen LogP contribution in [0.1, 0.15) is 41.8 Å². The third-order valence-corrected chi connectivity index (χ3v) is 5.70. The van der Waals surface area contributed by atoms with E-state index in [9.17, 15) is 19.8 Å². The molecule has 4 atom stereocenters. The number of amides is 1. The van der Waals surface area contributed by atoms with Gasteiger partial charge < -0.3 is 25.3 Å². The molecular weight excluding hydrogens is 410 g/mol. The van der Waals surface area contributed by atoms with Crippen molar-refractivity contribution in [3.8, 4) is 11.1 Å². The average Bonchev–Trinajstić information content (AvgIpc) is 2.82. The number of carbonyl (C=O) groups excluding carboxylic acids is 1. The van der Waals surface area contributed by atoms with E-state index in [-0.39, 0.29) is 12.0 Å². The number of hydrogen-bond donors (Lipinski definition) is 4. The van der Waals surface area contributed by atoms with Gasteiger partial charge in [-0.25, -0.2) is 0 Å². The van der Waals surface area contributed by atoms with Gasteiger partial charge in [-0.15, -0.1) is 0 Å². The Morgan fingerprint density at radius 3 is 2.75 bits per heavy atom. The summed E-state index contributed by atoms with van der Waals surface area (Å²) in [5.41, 5.74) is 1.67. The highest BCUT2D eigenvalue weighted by molar-refractivity contribution is 6.05. The van der Waals surface area contributed by atoms with Crippen LogP contribution >= 0.6 is 0 Å². The highest BCUT2D eigenvalue weighted by atomic mass is 16.5. The lowest BCUT2D eigenvalue weighted by Gasteiger charge is -2.37. The Kier molecular flexibility index (Phi) is 6.45. The molecule has 1 fully saturated rings. The molecule has 4 N–H and O–H groups in total. The highest BCUT2D eigenvalue weighted by Crippen LogP contribution is 2.36. The zero-order chi connectivity index (χ0) is 22.7. The number of hydrogen-bond acceptors (Lipinski definition) is 6. The summed E-state index contributed by atoms with van der Waals surface area (Å²) in [6, 6.07) is 10.8. The molecular formula is C24H25N3O5. The molecule has 4 rings (SSSR count). The quantitative estimate of drug-likeness (QED) is 0.488. The number of benzene rings is 1. The third-order valence-electron chi connectivity index (χ3n) is 5.70. The summed E-state index contributed by atoms with van der Waals surface area (Å²) >= 11 is 0. The maximum Gasteiger partial charge on any atom is 0.261 e. The normalized spacial score (nSPS) is 23.0. The predicted molar refractivity (Wildman–Crippen MR) is 119 cm³/mol. The minimum absolute atomic E-state index is 0.0346. The van der Waals surface area contributed by atoms with Crippen LogP contribution in [0.5, 0.6) is 0 Å². The van der Waals surface area contributed by atoms with Crippen LogP contribution in [-0.4, -0.2) is 44.4 Å². The molecule has 2 aromatic heterocycles. The minimum Gasteiger partial charge on any atom is -0.390 e. The Balaban J connectivity index is 1.61. The van der Waals surface area contributed by atoms with Crippen LogP contribution in [0.3, 0.4) is 0 Å². The first-order valence-corrected chi connectivity index (χ1v) is 10.5. The van der Waals surface area contributed by atoms with Gasteiger partial charge in [-0.05, 0) is 18.1 Å². The molecule has 0 spiro atoms. The Bertz CT molecular complexity index is 1150. The summed E-state index contributed by atoms with van der Waals surface area (Å²) in [6.07, 6.45) is 3.71. The van der Waals surface area contributed by atoms with E-state index in [1.54, 1.807) is 30.6 Å². The van der Waals surface area contributed by atoms with Gasteiger partial charge in [0.2, 0.25) is 5.43 Å². The Morgan fingerprint density at radius 1 is 1.22 bits per heavy atom. The highest BCUT2D eigenvalue weighted by Gasteiger charge is 2.37. The number of nitrogens with zero attached hydrogens (tertiary/aromatic N) is 1. The fourth-order valence-corrected chi connectivity index (χ4v) is 3.96. The number of rotatable bonds is 5. The second-order valence-corrected chi connectivity index (χ2v) is 7.76. The van der Waals surface area contributed by atoms with Crippen molar-refractivity contribution in [3.05, 3.63) is 82.5 Å². The number of anilines is 1. The molecule has 8 heteroatoms. The first-order chi connectivity index (χ1) is 15.5. The van der Waals surface area contributed by atoms with Gasteiger partial charge in [0.25, 0.3) is 5.91 Å². The molecule has 0 saturated carbocycles. The summed E-state index contributed by atoms with van der Waals surface area (Å²) in [4.78, 5) is 32.9. The van der Waals surface area contributed by atoms with Gasteiger partial charge in [0.1, 0.15) is 11.7 Å². The maximum absolute atomic E-state index is 13.0. The van der Waals surface area contributed by atoms with Crippen molar-refractivity contribution in [2.24, 2.45) is 0 Å². The fraction of sp³-hybridized carbons (Fsp3) is 0.292. The number of aliphatic hydroxyl groups is 2. The van der Waals surface area contributed by atoms with Gasteiger partial charge in [-0.2, -0.15) is 0 Å². The summed E-state index contributed by atoms with van der Waals surface area (Å²) in [7, 11) is 0. The second-order valence-electron chi connectivity index (χ2n) is 7.76. The van der Waals surface area contributed by atoms with Crippen molar-refractivity contribution in [2.75, 3.05) is 5.32 Å². The first-order valence-electron chi connectivity index (χ1n) is 10.5. The van der Waals surface area contributed by atoms with E-state index < -0.39 is 35.8 Å². The number of nitrogens with one attached hydrogen (secondary N) is 2. The fourth-order valence-electron chi connectivity index (χ4n) is 3.96. The summed E-state index contributed by atoms with van der Waals surface area (Å²) in [5, 5.41) is 23.1. The van der Waals surface area contributed by atoms with Crippen LogP contribution in [0.2, 0.25) is 0 Å². The zero-order valence-electron chi connectivity index (χ0n) is 17.6. The van der Waals surface area contributed by atoms with Gasteiger partial charge in [0, 0.05) is 36.1 Å². The topological polar surface area (TPSA) is 125 Å². The molecule has 0 radical (unpaired) electrons. The average molecular weight is 435 g/mol. The second kappa shape index (κ2) is 9.44. The molecule has 1 aliphatic rings. The molecule has 1 aromatic carbocycles. The van der Waals surface area contributed by atoms with E-state index in [2.05, 4.69) is 15.3 Å². The lowest BCUT2D eigenvalue weighted by atomic mass is 9.92. The van der Waals surface area contributed by atoms with E-state index >= 15 is 0 Å². The first kappa shape index (κ1) is 21.9. The molecule has 32 heavy (non-hydrogen) atoms. The van der Waals surface area contributed by atoms with Crippen molar-refractivity contribution >= 4 is 11.6 Å². The van der Waals surface area contributed by atoms with Gasteiger partial charge in [0.05, 0.1) is 30.2 Å². The van der Waals surface area contributed by atoms with Crippen LogP contribution in [0, 0.1) is 0 Å². The van der Waals surface area contributed by atoms with Gasteiger partial charge in [-0.1, -0.05) is 37.3 Å².